The molecule has 5 aromatic rings. The number of hydrogen-bond acceptors (Lipinski definition) is 6. The molecule has 0 fully saturated rings. The first-order valence-electron chi connectivity index (χ1n) is 34.7. The number of anilines is 2. The van der Waals surface area contributed by atoms with Crippen molar-refractivity contribution in [1.29, 1.82) is 0 Å². The lowest BCUT2D eigenvalue weighted by atomic mass is 9.93. The van der Waals surface area contributed by atoms with Crippen molar-refractivity contribution in [2.24, 2.45) is 11.8 Å². The highest BCUT2D eigenvalue weighted by Crippen LogP contribution is 2.42. The molecule has 83 heavy (non-hydrogen) atoms. The minimum atomic E-state index is 0.145. The number of thiophene rings is 4. The molecule has 458 valence electrons. The maximum Gasteiger partial charge on any atom is 0.260 e. The molecule has 0 saturated carbocycles. The standard InChI is InChI=1S/C75H112N2O2S4/c1-6-10-14-18-22-26-28-32-36-40-45-60(43-38-34-30-24-20-16-12-8-3)57-76-64-56-63-65(55-62(64)72(74(76)78)70-49-48-59(5)81-70)77(75(79)73(63)71-53-52-69(83-71)68-51-50-67(82-68)66-47-42-54-80-66)58-61(44-39-35-31-25-21-17-13-9-4)46-41-37-33-29-27-23-19-15-11-7-2/h42,47-56,60-61H,6-41,43-46,57-58H2,1-5H3. The number of benzene rings is 1. The lowest BCUT2D eigenvalue weighted by molar-refractivity contribution is -0.114. The van der Waals surface area contributed by atoms with E-state index in [1.54, 1.807) is 34.0 Å². The molecule has 6 heterocycles. The zero-order chi connectivity index (χ0) is 58.3. The average molecular weight is 1200 g/mol. The Labute approximate surface area is 522 Å². The largest absolute Gasteiger partial charge is 0.307 e. The summed E-state index contributed by atoms with van der Waals surface area (Å²) in [5.74, 6) is 1.16. The minimum Gasteiger partial charge on any atom is -0.307 e. The van der Waals surface area contributed by atoms with Crippen LogP contribution in [0.3, 0.4) is 0 Å². The Kier molecular flexibility index (Phi) is 31.4. The van der Waals surface area contributed by atoms with Crippen LogP contribution in [0.5, 0.6) is 0 Å². The topological polar surface area (TPSA) is 40.6 Å². The molecule has 2 aliphatic rings. The molecule has 0 radical (unpaired) electrons. The fourth-order valence-corrected chi connectivity index (χ4v) is 17.2. The summed E-state index contributed by atoms with van der Waals surface area (Å²) in [6.07, 6.45) is 52.5. The molecule has 2 atom stereocenters. The van der Waals surface area contributed by atoms with Gasteiger partial charge in [0.05, 0.1) is 22.5 Å². The molecule has 0 saturated heterocycles. The summed E-state index contributed by atoms with van der Waals surface area (Å²) in [6, 6.07) is 22.4. The van der Waals surface area contributed by atoms with Crippen LogP contribution in [0.25, 0.3) is 30.7 Å². The first-order chi connectivity index (χ1) is 40.8. The first-order valence-corrected chi connectivity index (χ1v) is 38.0. The van der Waals surface area contributed by atoms with Crippen molar-refractivity contribution in [1.82, 2.24) is 0 Å². The molecule has 8 heteroatoms. The Hall–Kier alpha value is -3.30. The molecule has 7 rings (SSSR count). The number of hydrogen-bond donors (Lipinski definition) is 0. The van der Waals surface area contributed by atoms with Crippen LogP contribution in [0.1, 0.15) is 299 Å². The summed E-state index contributed by atoms with van der Waals surface area (Å²) in [7, 11) is 0. The van der Waals surface area contributed by atoms with E-state index >= 15 is 9.59 Å². The number of carbonyl (C=O) groups is 2. The number of aryl methyl sites for hydroxylation is 1. The van der Waals surface area contributed by atoms with Crippen molar-refractivity contribution in [3.63, 3.8) is 0 Å². The van der Waals surface area contributed by atoms with Crippen LogP contribution in [0.2, 0.25) is 0 Å². The van der Waals surface area contributed by atoms with E-state index in [0.717, 1.165) is 68.6 Å². The van der Waals surface area contributed by atoms with E-state index in [-0.39, 0.29) is 11.8 Å². The monoisotopic (exact) mass is 1200 g/mol. The van der Waals surface area contributed by atoms with Gasteiger partial charge in [-0.1, -0.05) is 265 Å². The number of fused-ring (bicyclic) bond motifs is 2. The summed E-state index contributed by atoms with van der Waals surface area (Å²) in [5, 5.41) is 4.21. The number of carbonyl (C=O) groups excluding carboxylic acids is 2. The molecule has 4 aromatic heterocycles. The number of nitrogens with zero attached hydrogens (tertiary/aromatic N) is 2. The van der Waals surface area contributed by atoms with Gasteiger partial charge in [-0.05, 0) is 104 Å². The van der Waals surface area contributed by atoms with Gasteiger partial charge in [0.1, 0.15) is 0 Å². The second-order valence-electron chi connectivity index (χ2n) is 25.4. The third-order valence-corrected chi connectivity index (χ3v) is 22.8. The molecule has 4 nitrogen and oxygen atoms in total. The van der Waals surface area contributed by atoms with Gasteiger partial charge >= 0.3 is 0 Å². The lowest BCUT2D eigenvalue weighted by Gasteiger charge is -2.27. The highest BCUT2D eigenvalue weighted by molar-refractivity contribution is 7.26. The second kappa shape index (κ2) is 38.8. The van der Waals surface area contributed by atoms with Crippen molar-refractivity contribution < 1.29 is 9.59 Å². The third kappa shape index (κ3) is 21.5. The normalized spacial score (nSPS) is 14.0. The molecule has 1 aromatic carbocycles. The number of amides is 2. The van der Waals surface area contributed by atoms with Crippen LogP contribution in [-0.2, 0) is 9.59 Å². The van der Waals surface area contributed by atoms with E-state index in [1.165, 1.54) is 268 Å². The Morgan fingerprint density at radius 3 is 0.976 bits per heavy atom. The van der Waals surface area contributed by atoms with Gasteiger partial charge < -0.3 is 9.80 Å². The summed E-state index contributed by atoms with van der Waals surface area (Å²) < 4.78 is 0. The van der Waals surface area contributed by atoms with Gasteiger partial charge in [-0.3, -0.25) is 9.59 Å². The molecule has 0 spiro atoms. The predicted octanol–water partition coefficient (Wildman–Crippen LogP) is 23.6. The van der Waals surface area contributed by atoms with Crippen molar-refractivity contribution in [3.8, 4) is 19.5 Å². The molecular formula is C75H112N2O2S4. The Balaban J connectivity index is 1.20. The van der Waals surface area contributed by atoms with E-state index in [0.29, 0.717) is 11.8 Å². The highest BCUT2D eigenvalue weighted by atomic mass is 32.1. The SMILES string of the molecule is CCCCCCCCCCCCC(CCCCCCCCCC)CN1C(=O)C(c2ccc(C)s2)=c2cc3c(cc21)=C(c1ccc(-c2ccc(-c4cccs4)s2)s1)C(=O)N3CC(CCCCCCCCCC)CCCCCCCCCCCC. The van der Waals surface area contributed by atoms with Crippen molar-refractivity contribution in [3.05, 3.63) is 91.1 Å². The van der Waals surface area contributed by atoms with Gasteiger partial charge in [0.2, 0.25) is 0 Å². The fourth-order valence-electron chi connectivity index (χ4n) is 13.3. The number of unbranched alkanes of at least 4 members (excludes halogenated alkanes) is 32. The van der Waals surface area contributed by atoms with E-state index in [9.17, 15) is 0 Å². The summed E-state index contributed by atoms with van der Waals surface area (Å²) in [6.45, 7) is 12.9. The summed E-state index contributed by atoms with van der Waals surface area (Å²) in [4.78, 5) is 44.1. The zero-order valence-corrected chi connectivity index (χ0v) is 56.3. The van der Waals surface area contributed by atoms with Crippen molar-refractivity contribution in [2.45, 2.75) is 291 Å². The van der Waals surface area contributed by atoms with Gasteiger partial charge in [0.15, 0.2) is 0 Å². The van der Waals surface area contributed by atoms with Gasteiger partial charge in [-0.2, -0.15) is 0 Å². The van der Waals surface area contributed by atoms with Crippen LogP contribution < -0.4 is 20.2 Å². The molecule has 0 aliphatic carbocycles. The quantitative estimate of drug-likeness (QED) is 0.0364. The van der Waals surface area contributed by atoms with E-state index in [2.05, 4.69) is 110 Å². The van der Waals surface area contributed by atoms with Crippen LogP contribution >= 0.6 is 45.3 Å². The third-order valence-electron chi connectivity index (χ3n) is 18.3. The maximum atomic E-state index is 15.8. The van der Waals surface area contributed by atoms with Crippen LogP contribution in [0.4, 0.5) is 11.4 Å². The second-order valence-corrected chi connectivity index (χ2v) is 29.8. The Morgan fingerprint density at radius 2 is 0.651 bits per heavy atom. The Bertz CT molecular complexity index is 2720. The van der Waals surface area contributed by atoms with Gasteiger partial charge in [-0.15, -0.1) is 45.3 Å². The fraction of sp³-hybridized carbons (Fsp3) is 0.653. The smallest absolute Gasteiger partial charge is 0.260 e. The van der Waals surface area contributed by atoms with Crippen molar-refractivity contribution in [2.75, 3.05) is 22.9 Å². The molecule has 2 aliphatic heterocycles. The van der Waals surface area contributed by atoms with Gasteiger partial charge in [0.25, 0.3) is 11.8 Å². The van der Waals surface area contributed by atoms with E-state index < -0.39 is 0 Å². The first kappa shape index (κ1) is 67.2. The summed E-state index contributed by atoms with van der Waals surface area (Å²) in [5.41, 5.74) is 3.69. The highest BCUT2D eigenvalue weighted by Gasteiger charge is 2.38. The average Bonchev–Trinajstić information content (AvgIpc) is 2.23. The molecule has 0 bridgehead atoms. The lowest BCUT2D eigenvalue weighted by Crippen LogP contribution is -2.35. The van der Waals surface area contributed by atoms with E-state index in [1.807, 2.05) is 11.3 Å². The molecule has 0 N–H and O–H groups in total. The van der Waals surface area contributed by atoms with Crippen LogP contribution in [-0.4, -0.2) is 24.9 Å². The van der Waals surface area contributed by atoms with Crippen molar-refractivity contribution >= 4 is 79.7 Å². The van der Waals surface area contributed by atoms with E-state index in [4.69, 9.17) is 0 Å². The zero-order valence-electron chi connectivity index (χ0n) is 53.0. The van der Waals surface area contributed by atoms with Gasteiger partial charge in [-0.25, -0.2) is 0 Å². The predicted molar refractivity (Wildman–Crippen MR) is 370 cm³/mol. The summed E-state index contributed by atoms with van der Waals surface area (Å²) >= 11 is 7.15. The van der Waals surface area contributed by atoms with Crippen LogP contribution in [0.15, 0.2) is 66.0 Å². The molecule has 2 amide bonds. The molecule has 2 unspecified atom stereocenters. The van der Waals surface area contributed by atoms with Crippen LogP contribution in [0, 0.1) is 18.8 Å². The Morgan fingerprint density at radius 1 is 0.349 bits per heavy atom. The minimum absolute atomic E-state index is 0.145. The number of rotatable bonds is 48. The van der Waals surface area contributed by atoms with Gasteiger partial charge in [0, 0.05) is 57.7 Å². The molecular weight excluding hydrogens is 1090 g/mol. The maximum absolute atomic E-state index is 15.8.